The van der Waals surface area contributed by atoms with Crippen LogP contribution in [0.2, 0.25) is 0 Å². The number of carbonyl (C=O) groups excluding carboxylic acids is 1. The third-order valence-electron chi connectivity index (χ3n) is 6.47. The number of hydrogen-bond acceptors (Lipinski definition) is 7. The minimum atomic E-state index is -5.08. The minimum Gasteiger partial charge on any atom is -0.475 e. The van der Waals surface area contributed by atoms with Gasteiger partial charge in [-0.15, -0.1) is 0 Å². The predicted octanol–water partition coefficient (Wildman–Crippen LogP) is 6.39. The molecule has 1 amide bonds. The van der Waals surface area contributed by atoms with Gasteiger partial charge in [0.15, 0.2) is 5.13 Å². The molecule has 41 heavy (non-hydrogen) atoms. The van der Waals surface area contributed by atoms with Gasteiger partial charge >= 0.3 is 12.1 Å². The molecule has 0 bridgehead atoms. The molecule has 9 nitrogen and oxygen atoms in total. The number of carbonyl (C=O) groups is 2. The van der Waals surface area contributed by atoms with Gasteiger partial charge in [0.1, 0.15) is 0 Å². The topological polar surface area (TPSA) is 138 Å². The highest BCUT2D eigenvalue weighted by atomic mass is 32.2. The highest BCUT2D eigenvalue weighted by Crippen LogP contribution is 2.35. The molecule has 3 N–H and O–H groups in total. The number of aromatic nitrogens is 2. The number of rotatable bonds is 7. The zero-order valence-corrected chi connectivity index (χ0v) is 24.6. The van der Waals surface area contributed by atoms with Crippen molar-refractivity contribution < 1.29 is 36.3 Å². The van der Waals surface area contributed by atoms with Gasteiger partial charge in [-0.25, -0.2) is 18.2 Å². The summed E-state index contributed by atoms with van der Waals surface area (Å²) in [6.45, 7) is 7.35. The number of nitrogens with one attached hydrogen (secondary N) is 2. The molecule has 0 spiro atoms. The standard InChI is InChI=1S/C25H30N4O3S2.C2HF3O2/c1-15-9-10-20(13-22(15)34(31,32)29-21-14-26-17(3)11-16(21)2)24-18(4)27-25(33-24)28-23(30)12-19-7-5-6-8-19;3-2(4,5)1(6)7/h9-11,13-14,19,29H,5-8,12H2,1-4H3,(H,27,28,30);(H,6,7). The maximum Gasteiger partial charge on any atom is 0.490 e. The molecular formula is C27H31F3N4O5S2. The number of pyridine rings is 1. The molecule has 1 aromatic carbocycles. The summed E-state index contributed by atoms with van der Waals surface area (Å²) in [7, 11) is -3.82. The fourth-order valence-corrected chi connectivity index (χ4v) is 6.76. The molecule has 0 saturated heterocycles. The Morgan fingerprint density at radius 1 is 1.07 bits per heavy atom. The monoisotopic (exact) mass is 612 g/mol. The van der Waals surface area contributed by atoms with Gasteiger partial charge in [0, 0.05) is 12.1 Å². The maximum absolute atomic E-state index is 13.2. The number of alkyl halides is 3. The molecule has 0 unspecified atom stereocenters. The smallest absolute Gasteiger partial charge is 0.475 e. The minimum absolute atomic E-state index is 0.00866. The second-order valence-electron chi connectivity index (χ2n) is 9.87. The van der Waals surface area contributed by atoms with E-state index in [4.69, 9.17) is 9.90 Å². The van der Waals surface area contributed by atoms with Crippen LogP contribution in [0.3, 0.4) is 0 Å². The summed E-state index contributed by atoms with van der Waals surface area (Å²) in [4.78, 5) is 31.1. The molecule has 0 aliphatic heterocycles. The number of aryl methyl sites for hydroxylation is 4. The zero-order valence-electron chi connectivity index (χ0n) is 22.9. The van der Waals surface area contributed by atoms with Gasteiger partial charge < -0.3 is 10.4 Å². The molecule has 2 aromatic heterocycles. The van der Waals surface area contributed by atoms with E-state index in [0.29, 0.717) is 28.7 Å². The normalized spacial score (nSPS) is 13.8. The Kier molecular flexibility index (Phi) is 10.1. The first-order valence-electron chi connectivity index (χ1n) is 12.7. The van der Waals surface area contributed by atoms with Gasteiger partial charge in [-0.05, 0) is 75.3 Å². The largest absolute Gasteiger partial charge is 0.490 e. The van der Waals surface area contributed by atoms with Gasteiger partial charge in [-0.1, -0.05) is 36.3 Å². The third kappa shape index (κ3) is 8.73. The van der Waals surface area contributed by atoms with Crippen LogP contribution in [0.5, 0.6) is 0 Å². The average molecular weight is 613 g/mol. The molecular weight excluding hydrogens is 581 g/mol. The van der Waals surface area contributed by atoms with Crippen molar-refractivity contribution in [3.8, 4) is 10.4 Å². The first-order chi connectivity index (χ1) is 19.1. The van der Waals surface area contributed by atoms with E-state index in [1.165, 1.54) is 30.4 Å². The predicted molar refractivity (Wildman–Crippen MR) is 150 cm³/mol. The average Bonchev–Trinajstić information content (AvgIpc) is 3.50. The van der Waals surface area contributed by atoms with Crippen LogP contribution in [0.25, 0.3) is 10.4 Å². The van der Waals surface area contributed by atoms with E-state index in [2.05, 4.69) is 20.0 Å². The lowest BCUT2D eigenvalue weighted by molar-refractivity contribution is -0.192. The quantitative estimate of drug-likeness (QED) is 0.281. The van der Waals surface area contributed by atoms with Gasteiger partial charge in [-0.2, -0.15) is 13.2 Å². The fraction of sp³-hybridized carbons (Fsp3) is 0.407. The molecule has 4 rings (SSSR count). The number of anilines is 2. The number of halogens is 3. The van der Waals surface area contributed by atoms with Crippen molar-refractivity contribution in [1.29, 1.82) is 0 Å². The van der Waals surface area contributed by atoms with E-state index in [1.54, 1.807) is 19.1 Å². The first kappa shape index (κ1) is 32.0. The molecule has 1 fully saturated rings. The maximum atomic E-state index is 13.2. The van der Waals surface area contributed by atoms with Crippen molar-refractivity contribution in [2.75, 3.05) is 10.0 Å². The summed E-state index contributed by atoms with van der Waals surface area (Å²) in [5, 5.41) is 10.6. The second-order valence-corrected chi connectivity index (χ2v) is 12.5. The third-order valence-corrected chi connectivity index (χ3v) is 9.10. The summed E-state index contributed by atoms with van der Waals surface area (Å²) in [5.74, 6) is -2.30. The number of carboxylic acids is 1. The van der Waals surface area contributed by atoms with Gasteiger partial charge in [0.25, 0.3) is 10.0 Å². The highest BCUT2D eigenvalue weighted by molar-refractivity contribution is 7.92. The van der Waals surface area contributed by atoms with Gasteiger partial charge in [0.05, 0.1) is 27.4 Å². The Hall–Kier alpha value is -3.52. The second kappa shape index (κ2) is 13.0. The summed E-state index contributed by atoms with van der Waals surface area (Å²) in [6, 6.07) is 7.18. The van der Waals surface area contributed by atoms with Crippen molar-refractivity contribution in [3.05, 3.63) is 53.0 Å². The van der Waals surface area contributed by atoms with E-state index in [0.717, 1.165) is 40.2 Å². The lowest BCUT2D eigenvalue weighted by Crippen LogP contribution is -2.21. The lowest BCUT2D eigenvalue weighted by Gasteiger charge is -2.13. The van der Waals surface area contributed by atoms with Crippen molar-refractivity contribution in [3.63, 3.8) is 0 Å². The van der Waals surface area contributed by atoms with Crippen LogP contribution in [0, 0.1) is 33.6 Å². The molecule has 1 aliphatic carbocycles. The lowest BCUT2D eigenvalue weighted by atomic mass is 10.0. The molecule has 14 heteroatoms. The van der Waals surface area contributed by atoms with E-state index >= 15 is 0 Å². The van der Waals surface area contributed by atoms with E-state index in [9.17, 15) is 26.4 Å². The van der Waals surface area contributed by atoms with Crippen LogP contribution in [-0.2, 0) is 19.6 Å². The van der Waals surface area contributed by atoms with Gasteiger partial charge in [0.2, 0.25) is 5.91 Å². The van der Waals surface area contributed by atoms with E-state index in [1.807, 2.05) is 32.9 Å². The first-order valence-corrected chi connectivity index (χ1v) is 15.0. The van der Waals surface area contributed by atoms with Crippen molar-refractivity contribution in [2.45, 2.75) is 70.9 Å². The molecule has 0 radical (unpaired) electrons. The number of hydrogen-bond donors (Lipinski definition) is 3. The SMILES string of the molecule is Cc1cc(C)c(NS(=O)(=O)c2cc(-c3sc(NC(=O)CC4CCCC4)nc3C)ccc2C)cn1.O=C(O)C(F)(F)F. The summed E-state index contributed by atoms with van der Waals surface area (Å²) in [6.07, 6.45) is 1.61. The Bertz CT molecular complexity index is 1530. The van der Waals surface area contributed by atoms with Crippen LogP contribution in [0.1, 0.15) is 54.6 Å². The Balaban J connectivity index is 0.000000587. The van der Waals surface area contributed by atoms with Crippen LogP contribution in [-0.4, -0.2) is 41.5 Å². The van der Waals surface area contributed by atoms with Crippen LogP contribution in [0.15, 0.2) is 35.4 Å². The zero-order chi connectivity index (χ0) is 30.5. The number of nitrogens with zero attached hydrogens (tertiary/aromatic N) is 2. The summed E-state index contributed by atoms with van der Waals surface area (Å²) >= 11 is 1.36. The van der Waals surface area contributed by atoms with Crippen molar-refractivity contribution in [2.24, 2.45) is 5.92 Å². The van der Waals surface area contributed by atoms with E-state index < -0.39 is 22.2 Å². The Morgan fingerprint density at radius 2 is 1.71 bits per heavy atom. The molecule has 222 valence electrons. The molecule has 3 aromatic rings. The van der Waals surface area contributed by atoms with Crippen LogP contribution < -0.4 is 10.0 Å². The molecule has 2 heterocycles. The summed E-state index contributed by atoms with van der Waals surface area (Å²) in [5.41, 5.74) is 4.22. The number of aliphatic carboxylic acids is 1. The summed E-state index contributed by atoms with van der Waals surface area (Å²) < 4.78 is 60.9. The van der Waals surface area contributed by atoms with Crippen molar-refractivity contribution >= 4 is 44.1 Å². The van der Waals surface area contributed by atoms with Crippen LogP contribution >= 0.6 is 11.3 Å². The Morgan fingerprint density at radius 3 is 2.29 bits per heavy atom. The highest BCUT2D eigenvalue weighted by Gasteiger charge is 2.38. The number of amides is 1. The van der Waals surface area contributed by atoms with Gasteiger partial charge in [-0.3, -0.25) is 14.5 Å². The van der Waals surface area contributed by atoms with E-state index in [-0.39, 0.29) is 10.8 Å². The molecule has 1 saturated carbocycles. The molecule has 0 atom stereocenters. The fourth-order valence-electron chi connectivity index (χ4n) is 4.40. The van der Waals surface area contributed by atoms with Crippen LogP contribution in [0.4, 0.5) is 24.0 Å². The Labute approximate surface area is 240 Å². The number of thiazole rings is 1. The molecule has 1 aliphatic rings. The number of benzene rings is 1. The number of sulfonamides is 1. The van der Waals surface area contributed by atoms with Crippen molar-refractivity contribution in [1.82, 2.24) is 9.97 Å². The number of carboxylic acid groups (broad SMARTS) is 1.